The highest BCUT2D eigenvalue weighted by Gasteiger charge is 2.10. The van der Waals surface area contributed by atoms with Gasteiger partial charge in [0.2, 0.25) is 0 Å². The first-order chi connectivity index (χ1) is 16.4. The lowest BCUT2D eigenvalue weighted by Gasteiger charge is -2.07. The number of benzene rings is 3. The number of rotatable bonds is 9. The summed E-state index contributed by atoms with van der Waals surface area (Å²) in [6.45, 7) is 3.24. The van der Waals surface area contributed by atoms with Crippen LogP contribution in [0.5, 0.6) is 5.75 Å². The Bertz CT molecular complexity index is 1360. The number of hydrogen-bond acceptors (Lipinski definition) is 3. The van der Waals surface area contributed by atoms with Crippen LogP contribution in [-0.2, 0) is 11.3 Å². The van der Waals surface area contributed by atoms with Gasteiger partial charge in [0.05, 0.1) is 17.3 Å². The first-order valence-corrected chi connectivity index (χ1v) is 11.8. The Morgan fingerprint density at radius 1 is 1.06 bits per heavy atom. The van der Waals surface area contributed by atoms with Crippen molar-refractivity contribution in [1.82, 2.24) is 9.55 Å². The molecular formula is C27H24Cl2N2O3. The van der Waals surface area contributed by atoms with Crippen LogP contribution in [0.25, 0.3) is 34.2 Å². The molecule has 174 valence electrons. The van der Waals surface area contributed by atoms with Crippen molar-refractivity contribution in [3.05, 3.63) is 82.2 Å². The number of aliphatic carboxylic acids is 1. The summed E-state index contributed by atoms with van der Waals surface area (Å²) in [6.07, 6.45) is 6.62. The van der Waals surface area contributed by atoms with Gasteiger partial charge in [-0.3, -0.25) is 4.79 Å². The molecule has 1 heterocycles. The number of ether oxygens (including phenoxy) is 1. The van der Waals surface area contributed by atoms with Crippen molar-refractivity contribution in [2.75, 3.05) is 6.61 Å². The quantitative estimate of drug-likeness (QED) is 0.245. The molecule has 3 aromatic carbocycles. The monoisotopic (exact) mass is 494 g/mol. The zero-order valence-electron chi connectivity index (χ0n) is 18.7. The van der Waals surface area contributed by atoms with E-state index in [1.165, 1.54) is 0 Å². The first kappa shape index (κ1) is 23.9. The predicted octanol–water partition coefficient (Wildman–Crippen LogP) is 7.44. The van der Waals surface area contributed by atoms with Gasteiger partial charge in [-0.1, -0.05) is 47.5 Å². The van der Waals surface area contributed by atoms with Crippen LogP contribution in [0.4, 0.5) is 0 Å². The van der Waals surface area contributed by atoms with Crippen molar-refractivity contribution in [3.8, 4) is 17.0 Å². The molecule has 7 heteroatoms. The van der Waals surface area contributed by atoms with Crippen LogP contribution in [0.3, 0.4) is 0 Å². The van der Waals surface area contributed by atoms with Crippen LogP contribution in [0, 0.1) is 0 Å². The van der Waals surface area contributed by atoms with Gasteiger partial charge in [-0.05, 0) is 72.2 Å². The molecule has 4 aromatic rings. The highest BCUT2D eigenvalue weighted by atomic mass is 35.5. The van der Waals surface area contributed by atoms with E-state index in [2.05, 4.69) is 17.6 Å². The van der Waals surface area contributed by atoms with Gasteiger partial charge in [-0.15, -0.1) is 0 Å². The molecule has 0 unspecified atom stereocenters. The molecular weight excluding hydrogens is 471 g/mol. The highest BCUT2D eigenvalue weighted by molar-refractivity contribution is 6.36. The third-order valence-electron chi connectivity index (χ3n) is 5.42. The Labute approximate surface area is 208 Å². The van der Waals surface area contributed by atoms with Crippen LogP contribution in [0.1, 0.15) is 31.2 Å². The molecule has 0 aliphatic heterocycles. The summed E-state index contributed by atoms with van der Waals surface area (Å²) >= 11 is 12.4. The molecule has 0 spiro atoms. The van der Waals surface area contributed by atoms with Gasteiger partial charge in [0.1, 0.15) is 11.6 Å². The fourth-order valence-corrected chi connectivity index (χ4v) is 4.17. The Kier molecular flexibility index (Phi) is 7.56. The number of carboxylic acid groups (broad SMARTS) is 1. The van der Waals surface area contributed by atoms with Gasteiger partial charge in [0, 0.05) is 29.7 Å². The standard InChI is InChI=1S/C27H24Cl2N2O3/c1-2-31-17-25(23-11-9-21(28)16-24(23)29)30-26(31)12-6-18-5-7-20-15-22(10-8-19(20)14-18)34-13-3-4-27(32)33/h5-12,14-17H,2-4,13H2,1H3,(H,32,33)/b12-6+. The van der Waals surface area contributed by atoms with Crippen LogP contribution in [-0.4, -0.2) is 27.2 Å². The summed E-state index contributed by atoms with van der Waals surface area (Å²) in [5.41, 5.74) is 2.71. The van der Waals surface area contributed by atoms with E-state index in [-0.39, 0.29) is 6.42 Å². The van der Waals surface area contributed by atoms with Crippen molar-refractivity contribution in [1.29, 1.82) is 0 Å². The third kappa shape index (κ3) is 5.79. The zero-order valence-corrected chi connectivity index (χ0v) is 20.2. The van der Waals surface area contributed by atoms with E-state index < -0.39 is 5.97 Å². The SMILES string of the molecule is CCn1cc(-c2ccc(Cl)cc2Cl)nc1/C=C/c1ccc2cc(OCCCC(=O)O)ccc2c1. The maximum atomic E-state index is 10.6. The molecule has 5 nitrogen and oxygen atoms in total. The fraction of sp³-hybridized carbons (Fsp3) is 0.185. The Morgan fingerprint density at radius 2 is 1.85 bits per heavy atom. The van der Waals surface area contributed by atoms with Gasteiger partial charge in [0.25, 0.3) is 0 Å². The van der Waals surface area contributed by atoms with Gasteiger partial charge in [-0.25, -0.2) is 4.98 Å². The van der Waals surface area contributed by atoms with Crippen molar-refractivity contribution < 1.29 is 14.6 Å². The summed E-state index contributed by atoms with van der Waals surface area (Å²) in [6, 6.07) is 17.5. The number of aryl methyl sites for hydroxylation is 1. The average Bonchev–Trinajstić information content (AvgIpc) is 3.23. The molecule has 4 rings (SSSR count). The van der Waals surface area contributed by atoms with Gasteiger partial charge in [0.15, 0.2) is 0 Å². The minimum atomic E-state index is -0.811. The number of imidazole rings is 1. The molecule has 0 aliphatic rings. The molecule has 1 aromatic heterocycles. The minimum absolute atomic E-state index is 0.105. The number of halogens is 2. The first-order valence-electron chi connectivity index (χ1n) is 11.0. The third-order valence-corrected chi connectivity index (χ3v) is 5.97. The maximum Gasteiger partial charge on any atom is 0.303 e. The van der Waals surface area contributed by atoms with Crippen molar-refractivity contribution in [3.63, 3.8) is 0 Å². The Morgan fingerprint density at radius 3 is 2.62 bits per heavy atom. The number of carboxylic acids is 1. The van der Waals surface area contributed by atoms with E-state index in [0.29, 0.717) is 23.1 Å². The van der Waals surface area contributed by atoms with Crippen molar-refractivity contribution in [2.24, 2.45) is 0 Å². The van der Waals surface area contributed by atoms with Gasteiger partial charge < -0.3 is 14.4 Å². The highest BCUT2D eigenvalue weighted by Crippen LogP contribution is 2.30. The second-order valence-electron chi connectivity index (χ2n) is 7.84. The second kappa shape index (κ2) is 10.8. The number of nitrogens with zero attached hydrogens (tertiary/aromatic N) is 2. The molecule has 0 fully saturated rings. The Balaban J connectivity index is 1.51. The van der Waals surface area contributed by atoms with Crippen LogP contribution >= 0.6 is 23.2 Å². The smallest absolute Gasteiger partial charge is 0.303 e. The lowest BCUT2D eigenvalue weighted by Crippen LogP contribution is -2.01. The summed E-state index contributed by atoms with van der Waals surface area (Å²) in [7, 11) is 0. The summed E-state index contributed by atoms with van der Waals surface area (Å²) in [5.74, 6) is 0.766. The fourth-order valence-electron chi connectivity index (χ4n) is 3.66. The molecule has 0 saturated heterocycles. The van der Waals surface area contributed by atoms with E-state index in [1.807, 2.05) is 60.8 Å². The molecule has 0 aliphatic carbocycles. The zero-order chi connectivity index (χ0) is 24.1. The average molecular weight is 495 g/mol. The van der Waals surface area contributed by atoms with Gasteiger partial charge in [-0.2, -0.15) is 0 Å². The van der Waals surface area contributed by atoms with Gasteiger partial charge >= 0.3 is 5.97 Å². The normalized spacial score (nSPS) is 11.4. The van der Waals surface area contributed by atoms with E-state index in [4.69, 9.17) is 38.0 Å². The lowest BCUT2D eigenvalue weighted by atomic mass is 10.1. The molecule has 0 amide bonds. The topological polar surface area (TPSA) is 64.4 Å². The number of fused-ring (bicyclic) bond motifs is 1. The van der Waals surface area contributed by atoms with Crippen molar-refractivity contribution in [2.45, 2.75) is 26.3 Å². The second-order valence-corrected chi connectivity index (χ2v) is 8.69. The molecule has 34 heavy (non-hydrogen) atoms. The lowest BCUT2D eigenvalue weighted by molar-refractivity contribution is -0.137. The Hall–Kier alpha value is -3.28. The number of carbonyl (C=O) groups is 1. The van der Waals surface area contributed by atoms with Crippen molar-refractivity contribution >= 4 is 52.1 Å². The largest absolute Gasteiger partial charge is 0.494 e. The minimum Gasteiger partial charge on any atom is -0.494 e. The van der Waals surface area contributed by atoms with E-state index in [9.17, 15) is 4.79 Å². The van der Waals surface area contributed by atoms with E-state index in [0.717, 1.165) is 45.7 Å². The summed E-state index contributed by atoms with van der Waals surface area (Å²) < 4.78 is 7.75. The van der Waals surface area contributed by atoms with E-state index >= 15 is 0 Å². The molecule has 0 saturated carbocycles. The van der Waals surface area contributed by atoms with Crippen LogP contribution in [0.15, 0.2) is 60.8 Å². The van der Waals surface area contributed by atoms with Crippen LogP contribution < -0.4 is 4.74 Å². The molecule has 1 N–H and O–H groups in total. The van der Waals surface area contributed by atoms with E-state index in [1.54, 1.807) is 6.07 Å². The molecule has 0 atom stereocenters. The maximum absolute atomic E-state index is 10.6. The predicted molar refractivity (Wildman–Crippen MR) is 139 cm³/mol. The number of aromatic nitrogens is 2. The van der Waals surface area contributed by atoms with Crippen LogP contribution in [0.2, 0.25) is 10.0 Å². The number of hydrogen-bond donors (Lipinski definition) is 1. The summed E-state index contributed by atoms with van der Waals surface area (Å²) in [4.78, 5) is 15.4. The molecule has 0 bridgehead atoms. The summed E-state index contributed by atoms with van der Waals surface area (Å²) in [5, 5.41) is 12.0. The molecule has 0 radical (unpaired) electrons.